The van der Waals surface area contributed by atoms with Crippen LogP contribution in [-0.2, 0) is 6.42 Å². The highest BCUT2D eigenvalue weighted by molar-refractivity contribution is 6.20. The van der Waals surface area contributed by atoms with Crippen LogP contribution in [0.5, 0.6) is 0 Å². The molecule has 1 N–H and O–H groups in total. The van der Waals surface area contributed by atoms with Crippen LogP contribution >= 0.6 is 11.6 Å². The normalized spacial score (nSPS) is 12.5. The van der Waals surface area contributed by atoms with Crippen LogP contribution in [0.4, 0.5) is 0 Å². The summed E-state index contributed by atoms with van der Waals surface area (Å²) in [7, 11) is 0. The van der Waals surface area contributed by atoms with Gasteiger partial charge in [-0.25, -0.2) is 0 Å². The molecule has 1 aromatic rings. The molecule has 0 radical (unpaired) electrons. The topological polar surface area (TPSA) is 29.1 Å². The molecule has 0 spiro atoms. The Balaban J connectivity index is 2.44. The number of hydrogen-bond acceptors (Lipinski definition) is 1. The van der Waals surface area contributed by atoms with Gasteiger partial charge in [-0.2, -0.15) is 0 Å². The maximum Gasteiger partial charge on any atom is 0.251 e. The van der Waals surface area contributed by atoms with E-state index >= 15 is 0 Å². The van der Waals surface area contributed by atoms with Crippen molar-refractivity contribution < 1.29 is 4.79 Å². The highest BCUT2D eigenvalue weighted by atomic mass is 35.5. The highest BCUT2D eigenvalue weighted by Gasteiger charge is 2.10. The summed E-state index contributed by atoms with van der Waals surface area (Å²) in [6.45, 7) is 6.87. The Morgan fingerprint density at radius 3 is 2.39 bits per heavy atom. The molecular weight excluding hydrogens is 246 g/mol. The lowest BCUT2D eigenvalue weighted by molar-refractivity contribution is 0.0953. The summed E-state index contributed by atoms with van der Waals surface area (Å²) in [5.41, 5.74) is 1.93. The van der Waals surface area contributed by atoms with Gasteiger partial charge in [-0.15, -0.1) is 11.6 Å². The van der Waals surface area contributed by atoms with Gasteiger partial charge in [-0.1, -0.05) is 32.9 Å². The second-order valence-corrected chi connectivity index (χ2v) is 5.60. The summed E-state index contributed by atoms with van der Waals surface area (Å²) >= 11 is 6.14. The van der Waals surface area contributed by atoms with Crippen molar-refractivity contribution in [1.82, 2.24) is 5.32 Å². The average Bonchev–Trinajstić information content (AvgIpc) is 2.35. The second kappa shape index (κ2) is 7.42. The summed E-state index contributed by atoms with van der Waals surface area (Å²) < 4.78 is 0. The number of carbonyl (C=O) groups is 1. The van der Waals surface area contributed by atoms with Gasteiger partial charge >= 0.3 is 0 Å². The second-order valence-electron chi connectivity index (χ2n) is 4.99. The molecule has 18 heavy (non-hydrogen) atoms. The molecule has 0 heterocycles. The fourth-order valence-corrected chi connectivity index (χ4v) is 2.23. The number of halogens is 1. The number of alkyl halides is 1. The quantitative estimate of drug-likeness (QED) is 0.784. The van der Waals surface area contributed by atoms with Crippen molar-refractivity contribution in [2.75, 3.05) is 6.54 Å². The minimum atomic E-state index is -0.0490. The zero-order valence-electron chi connectivity index (χ0n) is 11.4. The first kappa shape index (κ1) is 15.0. The van der Waals surface area contributed by atoms with Crippen LogP contribution in [0.25, 0.3) is 0 Å². The standard InChI is InChI=1S/C15H22ClNO/c1-4-12-5-7-13(8-6-12)15(18)17-10-14(16)9-11(2)3/h5-8,11,14H,4,9-10H2,1-3H3,(H,17,18). The molecule has 2 nitrogen and oxygen atoms in total. The lowest BCUT2D eigenvalue weighted by atomic mass is 10.1. The third-order valence-electron chi connectivity index (χ3n) is 2.84. The molecule has 1 atom stereocenters. The molecule has 100 valence electrons. The zero-order valence-corrected chi connectivity index (χ0v) is 12.1. The monoisotopic (exact) mass is 267 g/mol. The molecule has 3 heteroatoms. The summed E-state index contributed by atoms with van der Waals surface area (Å²) in [6.07, 6.45) is 1.90. The molecule has 1 rings (SSSR count). The van der Waals surface area contributed by atoms with Gasteiger partial charge in [-0.3, -0.25) is 4.79 Å². The van der Waals surface area contributed by atoms with Crippen molar-refractivity contribution in [3.8, 4) is 0 Å². The Bertz CT molecular complexity index is 373. The molecular formula is C15H22ClNO. The number of rotatable bonds is 6. The molecule has 0 aromatic heterocycles. The van der Waals surface area contributed by atoms with E-state index in [1.54, 1.807) is 0 Å². The third-order valence-corrected chi connectivity index (χ3v) is 3.17. The van der Waals surface area contributed by atoms with E-state index in [9.17, 15) is 4.79 Å². The van der Waals surface area contributed by atoms with E-state index in [4.69, 9.17) is 11.6 Å². The number of aryl methyl sites for hydroxylation is 1. The predicted octanol–water partition coefficient (Wildman–Crippen LogP) is 3.63. The largest absolute Gasteiger partial charge is 0.351 e. The third kappa shape index (κ3) is 5.09. The van der Waals surface area contributed by atoms with E-state index in [2.05, 4.69) is 26.1 Å². The van der Waals surface area contributed by atoms with Gasteiger partial charge in [0.25, 0.3) is 5.91 Å². The Morgan fingerprint density at radius 2 is 1.89 bits per heavy atom. The smallest absolute Gasteiger partial charge is 0.251 e. The summed E-state index contributed by atoms with van der Waals surface area (Å²) in [4.78, 5) is 11.9. The van der Waals surface area contributed by atoms with E-state index < -0.39 is 0 Å². The van der Waals surface area contributed by atoms with Gasteiger partial charge in [0, 0.05) is 12.1 Å². The number of nitrogens with one attached hydrogen (secondary N) is 1. The predicted molar refractivity (Wildman–Crippen MR) is 77.2 cm³/mol. The molecule has 0 saturated carbocycles. The summed E-state index contributed by atoms with van der Waals surface area (Å²) in [5.74, 6) is 0.500. The molecule has 1 amide bonds. The molecule has 0 saturated heterocycles. The van der Waals surface area contributed by atoms with Crippen LogP contribution in [0.3, 0.4) is 0 Å². The molecule has 0 aliphatic rings. The van der Waals surface area contributed by atoms with E-state index in [-0.39, 0.29) is 11.3 Å². The first-order chi connectivity index (χ1) is 8.52. The first-order valence-corrected chi connectivity index (χ1v) is 6.97. The lowest BCUT2D eigenvalue weighted by Crippen LogP contribution is -2.30. The van der Waals surface area contributed by atoms with Gasteiger partial charge in [0.1, 0.15) is 0 Å². The van der Waals surface area contributed by atoms with Crippen molar-refractivity contribution in [1.29, 1.82) is 0 Å². The number of carbonyl (C=O) groups excluding carboxylic acids is 1. The summed E-state index contributed by atoms with van der Waals surface area (Å²) in [6, 6.07) is 7.70. The van der Waals surface area contributed by atoms with E-state index in [0.29, 0.717) is 18.0 Å². The van der Waals surface area contributed by atoms with Crippen LogP contribution in [0.1, 0.15) is 43.1 Å². The molecule has 0 aliphatic carbocycles. The average molecular weight is 268 g/mol. The van der Waals surface area contributed by atoms with Crippen LogP contribution in [-0.4, -0.2) is 17.8 Å². The zero-order chi connectivity index (χ0) is 13.5. The van der Waals surface area contributed by atoms with Crippen molar-refractivity contribution in [2.24, 2.45) is 5.92 Å². The number of amides is 1. The number of hydrogen-bond donors (Lipinski definition) is 1. The molecule has 0 aliphatic heterocycles. The van der Waals surface area contributed by atoms with Crippen LogP contribution in [0.15, 0.2) is 24.3 Å². The van der Waals surface area contributed by atoms with Crippen LogP contribution < -0.4 is 5.32 Å². The van der Waals surface area contributed by atoms with E-state index in [1.807, 2.05) is 24.3 Å². The molecule has 1 unspecified atom stereocenters. The van der Waals surface area contributed by atoms with E-state index in [1.165, 1.54) is 5.56 Å². The van der Waals surface area contributed by atoms with Crippen molar-refractivity contribution in [3.05, 3.63) is 35.4 Å². The van der Waals surface area contributed by atoms with E-state index in [0.717, 1.165) is 12.8 Å². The minimum Gasteiger partial charge on any atom is -0.351 e. The molecule has 1 aromatic carbocycles. The maximum absolute atomic E-state index is 11.9. The maximum atomic E-state index is 11.9. The fraction of sp³-hybridized carbons (Fsp3) is 0.533. The van der Waals surface area contributed by atoms with Gasteiger partial charge in [0.05, 0.1) is 5.38 Å². The van der Waals surface area contributed by atoms with Gasteiger partial charge < -0.3 is 5.32 Å². The Kier molecular flexibility index (Phi) is 6.20. The van der Waals surface area contributed by atoms with Crippen molar-refractivity contribution in [2.45, 2.75) is 39.0 Å². The number of benzene rings is 1. The van der Waals surface area contributed by atoms with Gasteiger partial charge in [-0.05, 0) is 36.5 Å². The fourth-order valence-electron chi connectivity index (χ4n) is 1.79. The van der Waals surface area contributed by atoms with Gasteiger partial charge in [0.2, 0.25) is 0 Å². The first-order valence-electron chi connectivity index (χ1n) is 6.54. The van der Waals surface area contributed by atoms with Gasteiger partial charge in [0.15, 0.2) is 0 Å². The Hall–Kier alpha value is -1.02. The molecule has 0 bridgehead atoms. The van der Waals surface area contributed by atoms with Crippen molar-refractivity contribution >= 4 is 17.5 Å². The Labute approximate surface area is 115 Å². The molecule has 0 fully saturated rings. The highest BCUT2D eigenvalue weighted by Crippen LogP contribution is 2.10. The lowest BCUT2D eigenvalue weighted by Gasteiger charge is -2.13. The van der Waals surface area contributed by atoms with Crippen LogP contribution in [0.2, 0.25) is 0 Å². The van der Waals surface area contributed by atoms with Crippen molar-refractivity contribution in [3.63, 3.8) is 0 Å². The summed E-state index contributed by atoms with van der Waals surface area (Å²) in [5, 5.41) is 2.87. The minimum absolute atomic E-state index is 0.00358. The van der Waals surface area contributed by atoms with Crippen LogP contribution in [0, 0.1) is 5.92 Å². The Morgan fingerprint density at radius 1 is 1.28 bits per heavy atom. The SMILES string of the molecule is CCc1ccc(C(=O)NCC(Cl)CC(C)C)cc1.